The van der Waals surface area contributed by atoms with Crippen LogP contribution in [-0.4, -0.2) is 25.5 Å². The molecule has 1 rings (SSSR count). The number of hydrogen-bond acceptors (Lipinski definition) is 3. The summed E-state index contributed by atoms with van der Waals surface area (Å²) in [5, 5.41) is 9.05. The number of benzene rings is 1. The first-order valence-corrected chi connectivity index (χ1v) is 7.13. The fraction of sp³-hybridized carbons (Fsp3) is 0.417. The highest BCUT2D eigenvalue weighted by atomic mass is 32.2. The molecule has 5 nitrogen and oxygen atoms in total. The minimum atomic E-state index is -4.41. The van der Waals surface area contributed by atoms with Gasteiger partial charge in [0.05, 0.1) is 0 Å². The molecule has 0 radical (unpaired) electrons. The third-order valence-electron chi connectivity index (χ3n) is 2.57. The van der Waals surface area contributed by atoms with Crippen molar-refractivity contribution in [1.29, 1.82) is 0 Å². The van der Waals surface area contributed by atoms with Crippen LogP contribution in [0.2, 0.25) is 0 Å². The lowest BCUT2D eigenvalue weighted by atomic mass is 9.88. The van der Waals surface area contributed by atoms with Crippen LogP contribution in [0.25, 0.3) is 0 Å². The van der Waals surface area contributed by atoms with Crippen molar-refractivity contribution in [3.05, 3.63) is 29.8 Å². The largest absolute Gasteiger partial charge is 0.480 e. The lowest BCUT2D eigenvalue weighted by Gasteiger charge is -2.27. The minimum absolute atomic E-state index is 0.418. The van der Waals surface area contributed by atoms with Crippen LogP contribution < -0.4 is 4.72 Å². The Hall–Kier alpha value is -1.54. The Bertz CT molecular complexity index is 623. The predicted octanol–water partition coefficient (Wildman–Crippen LogP) is 1.74. The van der Waals surface area contributed by atoms with Crippen LogP contribution in [0, 0.1) is 17.0 Å². The summed E-state index contributed by atoms with van der Waals surface area (Å²) >= 11 is 0. The van der Waals surface area contributed by atoms with Crippen LogP contribution >= 0.6 is 0 Å². The zero-order valence-electron chi connectivity index (χ0n) is 11.1. The van der Waals surface area contributed by atoms with E-state index in [-0.39, 0.29) is 0 Å². The van der Waals surface area contributed by atoms with E-state index in [0.29, 0.717) is 6.07 Å². The third kappa shape index (κ3) is 3.73. The average molecular weight is 307 g/mol. The number of hydrogen-bond donors (Lipinski definition) is 2. The SMILES string of the molecule is CC(C)(C)[C@@H](NS(=O)(=O)c1ccc(F)cc1F)C(=O)O. The van der Waals surface area contributed by atoms with Crippen LogP contribution in [0.4, 0.5) is 8.78 Å². The molecule has 0 spiro atoms. The van der Waals surface area contributed by atoms with Crippen molar-refractivity contribution < 1.29 is 27.1 Å². The van der Waals surface area contributed by atoms with Crippen LogP contribution in [0.3, 0.4) is 0 Å². The summed E-state index contributed by atoms with van der Waals surface area (Å²) in [6.07, 6.45) is 0. The molecule has 112 valence electrons. The number of halogens is 2. The highest BCUT2D eigenvalue weighted by molar-refractivity contribution is 7.89. The molecule has 1 aromatic rings. The molecule has 1 aromatic carbocycles. The van der Waals surface area contributed by atoms with Gasteiger partial charge in [-0.1, -0.05) is 20.8 Å². The van der Waals surface area contributed by atoms with Gasteiger partial charge in [-0.15, -0.1) is 0 Å². The molecule has 0 aromatic heterocycles. The lowest BCUT2D eigenvalue weighted by Crippen LogP contribution is -2.49. The number of carboxylic acid groups (broad SMARTS) is 1. The summed E-state index contributed by atoms with van der Waals surface area (Å²) in [5.41, 5.74) is -0.921. The Morgan fingerprint density at radius 3 is 2.25 bits per heavy atom. The second-order valence-electron chi connectivity index (χ2n) is 5.33. The van der Waals surface area contributed by atoms with E-state index in [2.05, 4.69) is 0 Å². The predicted molar refractivity (Wildman–Crippen MR) is 67.6 cm³/mol. The molecule has 2 N–H and O–H groups in total. The first-order valence-electron chi connectivity index (χ1n) is 5.65. The third-order valence-corrected chi connectivity index (χ3v) is 4.03. The molecular weight excluding hydrogens is 292 g/mol. The van der Waals surface area contributed by atoms with Crippen molar-refractivity contribution in [1.82, 2.24) is 4.72 Å². The zero-order chi connectivity index (χ0) is 15.7. The molecule has 20 heavy (non-hydrogen) atoms. The summed E-state index contributed by atoms with van der Waals surface area (Å²) < 4.78 is 52.2. The van der Waals surface area contributed by atoms with Gasteiger partial charge in [0, 0.05) is 6.07 Å². The van der Waals surface area contributed by atoms with Crippen LogP contribution in [0.1, 0.15) is 20.8 Å². The molecule has 0 bridgehead atoms. The van der Waals surface area contributed by atoms with Gasteiger partial charge in [0.2, 0.25) is 10.0 Å². The van der Waals surface area contributed by atoms with E-state index in [1.807, 2.05) is 4.72 Å². The Balaban J connectivity index is 3.20. The number of carboxylic acids is 1. The monoisotopic (exact) mass is 307 g/mol. The van der Waals surface area contributed by atoms with Gasteiger partial charge in [-0.05, 0) is 17.5 Å². The summed E-state index contributed by atoms with van der Waals surface area (Å²) in [6.45, 7) is 4.57. The van der Waals surface area contributed by atoms with E-state index in [0.717, 1.165) is 12.1 Å². The molecule has 0 unspecified atom stereocenters. The second-order valence-corrected chi connectivity index (χ2v) is 7.02. The Morgan fingerprint density at radius 2 is 1.85 bits per heavy atom. The second kappa shape index (κ2) is 5.45. The molecule has 0 fully saturated rings. The van der Waals surface area contributed by atoms with Crippen LogP contribution in [0.15, 0.2) is 23.1 Å². The molecule has 8 heteroatoms. The number of sulfonamides is 1. The fourth-order valence-corrected chi connectivity index (χ4v) is 2.96. The van der Waals surface area contributed by atoms with Gasteiger partial charge in [-0.25, -0.2) is 17.2 Å². The summed E-state index contributed by atoms with van der Waals surface area (Å²) in [7, 11) is -4.41. The van der Waals surface area contributed by atoms with Crippen molar-refractivity contribution >= 4 is 16.0 Å². The maximum atomic E-state index is 13.5. The number of rotatable bonds is 4. The Labute approximate surface area is 115 Å². The highest BCUT2D eigenvalue weighted by Gasteiger charge is 2.36. The minimum Gasteiger partial charge on any atom is -0.480 e. The Kier molecular flexibility index (Phi) is 4.50. The van der Waals surface area contributed by atoms with Crippen molar-refractivity contribution in [2.24, 2.45) is 5.41 Å². The first kappa shape index (κ1) is 16.5. The standard InChI is InChI=1S/C12H15F2NO4S/c1-12(2,3)10(11(16)17)15-20(18,19)9-5-4-7(13)6-8(9)14/h4-6,10,15H,1-3H3,(H,16,17)/t10-/m0/s1. The molecule has 0 saturated carbocycles. The number of carbonyl (C=O) groups is 1. The van der Waals surface area contributed by atoms with E-state index in [1.165, 1.54) is 20.8 Å². The summed E-state index contributed by atoms with van der Waals surface area (Å²) in [5.74, 6) is -3.59. The van der Waals surface area contributed by atoms with Gasteiger partial charge in [-0.2, -0.15) is 4.72 Å². The van der Waals surface area contributed by atoms with Crippen LogP contribution in [0.5, 0.6) is 0 Å². The molecular formula is C12H15F2NO4S. The number of aliphatic carboxylic acids is 1. The van der Waals surface area contributed by atoms with Crippen molar-refractivity contribution in [2.45, 2.75) is 31.7 Å². The maximum absolute atomic E-state index is 13.5. The van der Waals surface area contributed by atoms with E-state index < -0.39 is 44.0 Å². The molecule has 0 saturated heterocycles. The Morgan fingerprint density at radius 1 is 1.30 bits per heavy atom. The van der Waals surface area contributed by atoms with Gasteiger partial charge in [0.25, 0.3) is 0 Å². The average Bonchev–Trinajstić information content (AvgIpc) is 2.23. The smallest absolute Gasteiger partial charge is 0.322 e. The molecule has 1 atom stereocenters. The fourth-order valence-electron chi connectivity index (χ4n) is 1.51. The lowest BCUT2D eigenvalue weighted by molar-refractivity contribution is -0.141. The molecule has 0 aliphatic rings. The van der Waals surface area contributed by atoms with Gasteiger partial charge in [0.1, 0.15) is 22.6 Å². The van der Waals surface area contributed by atoms with E-state index in [4.69, 9.17) is 5.11 Å². The molecule has 0 heterocycles. The number of nitrogens with one attached hydrogen (secondary N) is 1. The van der Waals surface area contributed by atoms with Crippen molar-refractivity contribution in [2.75, 3.05) is 0 Å². The quantitative estimate of drug-likeness (QED) is 0.887. The normalized spacial score (nSPS) is 14.1. The topological polar surface area (TPSA) is 83.5 Å². The van der Waals surface area contributed by atoms with Crippen molar-refractivity contribution in [3.63, 3.8) is 0 Å². The van der Waals surface area contributed by atoms with Gasteiger partial charge >= 0.3 is 5.97 Å². The summed E-state index contributed by atoms with van der Waals surface area (Å²) in [6, 6.07) is 0.498. The van der Waals surface area contributed by atoms with E-state index in [9.17, 15) is 22.0 Å². The first-order chi connectivity index (χ1) is 8.95. The van der Waals surface area contributed by atoms with E-state index >= 15 is 0 Å². The molecule has 0 aliphatic heterocycles. The maximum Gasteiger partial charge on any atom is 0.322 e. The summed E-state index contributed by atoms with van der Waals surface area (Å²) in [4.78, 5) is 10.3. The van der Waals surface area contributed by atoms with Crippen LogP contribution in [-0.2, 0) is 14.8 Å². The van der Waals surface area contributed by atoms with Gasteiger partial charge < -0.3 is 5.11 Å². The van der Waals surface area contributed by atoms with E-state index in [1.54, 1.807) is 0 Å². The zero-order valence-corrected chi connectivity index (χ0v) is 12.0. The van der Waals surface area contributed by atoms with Gasteiger partial charge in [-0.3, -0.25) is 4.79 Å². The van der Waals surface area contributed by atoms with Gasteiger partial charge in [0.15, 0.2) is 0 Å². The van der Waals surface area contributed by atoms with Crippen molar-refractivity contribution in [3.8, 4) is 0 Å². The highest BCUT2D eigenvalue weighted by Crippen LogP contribution is 2.23. The molecule has 0 aliphatic carbocycles. The molecule has 0 amide bonds.